The fraction of sp³-hybridized carbons (Fsp3) is 0.667. The Bertz CT molecular complexity index is 363. The molecule has 2 atom stereocenters. The van der Waals surface area contributed by atoms with Crippen molar-refractivity contribution in [1.29, 1.82) is 0 Å². The molecule has 1 aromatic rings. The van der Waals surface area contributed by atoms with E-state index < -0.39 is 0 Å². The van der Waals surface area contributed by atoms with Crippen molar-refractivity contribution in [3.8, 4) is 0 Å². The first kappa shape index (κ1) is 10.1. The minimum atomic E-state index is -0.233. The van der Waals surface area contributed by atoms with Crippen LogP contribution in [0.2, 0.25) is 0 Å². The molecule has 1 fully saturated rings. The van der Waals surface area contributed by atoms with Crippen molar-refractivity contribution in [3.05, 3.63) is 6.20 Å². The molecule has 1 aromatic heterocycles. The molecule has 6 nitrogen and oxygen atoms in total. The number of nitrogens with zero attached hydrogens (tertiary/aromatic N) is 3. The molecular formula is C9H14N4O2. The zero-order valence-corrected chi connectivity index (χ0v) is 8.55. The maximum absolute atomic E-state index is 10.8. The van der Waals surface area contributed by atoms with Crippen LogP contribution in [0.15, 0.2) is 6.20 Å². The number of aromatic nitrogens is 3. The largest absolute Gasteiger partial charge is 0.393 e. The van der Waals surface area contributed by atoms with Crippen LogP contribution >= 0.6 is 0 Å². The summed E-state index contributed by atoms with van der Waals surface area (Å²) >= 11 is 0. The van der Waals surface area contributed by atoms with Crippen LogP contribution in [-0.2, 0) is 4.79 Å². The summed E-state index contributed by atoms with van der Waals surface area (Å²) in [4.78, 5) is 10.8. The van der Waals surface area contributed by atoms with E-state index in [4.69, 9.17) is 0 Å². The molecule has 2 unspecified atom stereocenters. The van der Waals surface area contributed by atoms with Crippen LogP contribution in [0.5, 0.6) is 0 Å². The first-order chi connectivity index (χ1) is 7.15. The molecule has 2 rings (SSSR count). The van der Waals surface area contributed by atoms with Gasteiger partial charge in [0.05, 0.1) is 18.3 Å². The molecule has 6 heteroatoms. The van der Waals surface area contributed by atoms with E-state index in [1.54, 1.807) is 10.9 Å². The molecule has 2 N–H and O–H groups in total. The van der Waals surface area contributed by atoms with E-state index in [1.807, 2.05) is 0 Å². The average molecular weight is 210 g/mol. The highest BCUT2D eigenvalue weighted by atomic mass is 16.3. The molecule has 0 aliphatic heterocycles. The predicted octanol–water partition coefficient (Wildman–Crippen LogP) is 0.322. The fourth-order valence-electron chi connectivity index (χ4n) is 1.87. The number of carbonyl (C=O) groups is 1. The minimum absolute atomic E-state index is 0.159. The molecule has 82 valence electrons. The molecular weight excluding hydrogens is 196 g/mol. The molecule has 0 radical (unpaired) electrons. The summed E-state index contributed by atoms with van der Waals surface area (Å²) in [5.41, 5.74) is 0. The van der Waals surface area contributed by atoms with Gasteiger partial charge in [0.25, 0.3) is 0 Å². The van der Waals surface area contributed by atoms with Gasteiger partial charge in [-0.05, 0) is 19.3 Å². The highest BCUT2D eigenvalue weighted by Gasteiger charge is 2.25. The lowest BCUT2D eigenvalue weighted by molar-refractivity contribution is -0.114. The van der Waals surface area contributed by atoms with Gasteiger partial charge in [0.1, 0.15) is 0 Å². The summed E-state index contributed by atoms with van der Waals surface area (Å²) in [5.74, 6) is 0.303. The van der Waals surface area contributed by atoms with Gasteiger partial charge in [-0.15, -0.1) is 5.10 Å². The number of anilines is 1. The molecule has 1 amide bonds. The third kappa shape index (κ3) is 2.33. The molecule has 0 aromatic carbocycles. The van der Waals surface area contributed by atoms with Crippen molar-refractivity contribution in [2.45, 2.75) is 38.3 Å². The predicted molar refractivity (Wildman–Crippen MR) is 53.2 cm³/mol. The van der Waals surface area contributed by atoms with Crippen LogP contribution in [0, 0.1) is 0 Å². The lowest BCUT2D eigenvalue weighted by Crippen LogP contribution is -2.08. The number of nitrogens with one attached hydrogen (secondary N) is 1. The zero-order chi connectivity index (χ0) is 10.8. The summed E-state index contributed by atoms with van der Waals surface area (Å²) in [5, 5.41) is 19.7. The number of rotatable bonds is 2. The van der Waals surface area contributed by atoms with Gasteiger partial charge < -0.3 is 10.4 Å². The lowest BCUT2D eigenvalue weighted by atomic mass is 10.2. The number of aliphatic hydroxyl groups excluding tert-OH is 1. The van der Waals surface area contributed by atoms with Gasteiger partial charge in [-0.1, -0.05) is 5.21 Å². The Morgan fingerprint density at radius 3 is 3.07 bits per heavy atom. The minimum Gasteiger partial charge on any atom is -0.393 e. The quantitative estimate of drug-likeness (QED) is 0.736. The second-order valence-electron chi connectivity index (χ2n) is 3.89. The molecule has 1 saturated carbocycles. The van der Waals surface area contributed by atoms with Gasteiger partial charge >= 0.3 is 0 Å². The van der Waals surface area contributed by atoms with Crippen LogP contribution in [-0.4, -0.2) is 32.1 Å². The van der Waals surface area contributed by atoms with Crippen LogP contribution in [0.4, 0.5) is 5.82 Å². The molecule has 0 saturated heterocycles. The number of aliphatic hydroxyl groups is 1. The van der Waals surface area contributed by atoms with Gasteiger partial charge in [0, 0.05) is 6.92 Å². The summed E-state index contributed by atoms with van der Waals surface area (Å²) in [6.45, 7) is 1.43. The zero-order valence-electron chi connectivity index (χ0n) is 8.55. The van der Waals surface area contributed by atoms with Gasteiger partial charge in [0.15, 0.2) is 5.82 Å². The first-order valence-electron chi connectivity index (χ1n) is 5.02. The fourth-order valence-corrected chi connectivity index (χ4v) is 1.87. The van der Waals surface area contributed by atoms with E-state index in [0.717, 1.165) is 12.8 Å². The summed E-state index contributed by atoms with van der Waals surface area (Å²) in [6.07, 6.45) is 3.89. The van der Waals surface area contributed by atoms with E-state index in [1.165, 1.54) is 6.92 Å². The van der Waals surface area contributed by atoms with Crippen LogP contribution < -0.4 is 5.32 Å². The van der Waals surface area contributed by atoms with Crippen LogP contribution in [0.3, 0.4) is 0 Å². The van der Waals surface area contributed by atoms with Crippen molar-refractivity contribution < 1.29 is 9.90 Å². The Kier molecular flexibility index (Phi) is 2.68. The molecule has 15 heavy (non-hydrogen) atoms. The molecule has 1 aliphatic carbocycles. The van der Waals surface area contributed by atoms with Gasteiger partial charge in [0.2, 0.25) is 5.91 Å². The highest BCUT2D eigenvalue weighted by molar-refractivity contribution is 5.87. The lowest BCUT2D eigenvalue weighted by Gasteiger charge is -2.07. The number of carbonyl (C=O) groups excluding carboxylic acids is 1. The van der Waals surface area contributed by atoms with Crippen molar-refractivity contribution in [3.63, 3.8) is 0 Å². The molecule has 1 aliphatic rings. The second kappa shape index (κ2) is 3.98. The number of hydrogen-bond acceptors (Lipinski definition) is 4. The van der Waals surface area contributed by atoms with Crippen LogP contribution in [0.1, 0.15) is 32.2 Å². The summed E-state index contributed by atoms with van der Waals surface area (Å²) < 4.78 is 1.71. The number of amides is 1. The van der Waals surface area contributed by atoms with Crippen LogP contribution in [0.25, 0.3) is 0 Å². The maximum atomic E-state index is 10.8. The maximum Gasteiger partial charge on any atom is 0.222 e. The van der Waals surface area contributed by atoms with Crippen molar-refractivity contribution in [2.75, 3.05) is 5.32 Å². The third-order valence-electron chi connectivity index (χ3n) is 2.57. The summed E-state index contributed by atoms with van der Waals surface area (Å²) in [7, 11) is 0. The first-order valence-corrected chi connectivity index (χ1v) is 5.02. The van der Waals surface area contributed by atoms with E-state index in [0.29, 0.717) is 12.2 Å². The van der Waals surface area contributed by atoms with Crippen molar-refractivity contribution in [1.82, 2.24) is 15.0 Å². The molecule has 0 bridgehead atoms. The average Bonchev–Trinajstić information content (AvgIpc) is 2.72. The van der Waals surface area contributed by atoms with Gasteiger partial charge in [-0.2, -0.15) is 0 Å². The van der Waals surface area contributed by atoms with E-state index in [9.17, 15) is 9.90 Å². The van der Waals surface area contributed by atoms with E-state index in [2.05, 4.69) is 15.6 Å². The SMILES string of the molecule is CC(=O)Nc1cn(C2CCC(O)C2)nn1. The standard InChI is InChI=1S/C9H14N4O2/c1-6(14)10-9-5-13(12-11-9)7-2-3-8(15)4-7/h5,7-8,15H,2-4H2,1H3,(H,10,14). The normalized spacial score (nSPS) is 25.5. The van der Waals surface area contributed by atoms with Gasteiger partial charge in [-0.3, -0.25) is 4.79 Å². The Balaban J connectivity index is 2.03. The van der Waals surface area contributed by atoms with Gasteiger partial charge in [-0.25, -0.2) is 4.68 Å². The topological polar surface area (TPSA) is 80.0 Å². The Morgan fingerprint density at radius 2 is 2.47 bits per heavy atom. The van der Waals surface area contributed by atoms with E-state index >= 15 is 0 Å². The third-order valence-corrected chi connectivity index (χ3v) is 2.57. The Morgan fingerprint density at radius 1 is 1.67 bits per heavy atom. The monoisotopic (exact) mass is 210 g/mol. The molecule has 1 heterocycles. The van der Waals surface area contributed by atoms with Crippen molar-refractivity contribution >= 4 is 11.7 Å². The number of hydrogen-bond donors (Lipinski definition) is 2. The molecule has 0 spiro atoms. The highest BCUT2D eigenvalue weighted by Crippen LogP contribution is 2.29. The van der Waals surface area contributed by atoms with E-state index in [-0.39, 0.29) is 18.1 Å². The Labute approximate surface area is 87.3 Å². The summed E-state index contributed by atoms with van der Waals surface area (Å²) in [6, 6.07) is 0.204. The Hall–Kier alpha value is -1.43. The smallest absolute Gasteiger partial charge is 0.222 e. The van der Waals surface area contributed by atoms with Crippen molar-refractivity contribution in [2.24, 2.45) is 0 Å². The second-order valence-corrected chi connectivity index (χ2v) is 3.89.